The Labute approximate surface area is 631 Å². The van der Waals surface area contributed by atoms with E-state index in [0.717, 1.165) is 195 Å². The Morgan fingerprint density at radius 3 is 0.485 bits per heavy atom. The number of hydrogen-bond donors (Lipinski definition) is 12. The van der Waals surface area contributed by atoms with Crippen molar-refractivity contribution in [1.29, 1.82) is 0 Å². The molecular formula is C69H100N24S8. The number of nitrogens with one attached hydrogen (secondary N) is 12. The molecule has 0 aliphatic heterocycles. The summed E-state index contributed by atoms with van der Waals surface area (Å²) < 4.78 is 0. The van der Waals surface area contributed by atoms with Gasteiger partial charge in [0, 0.05) is 75.1 Å². The van der Waals surface area contributed by atoms with E-state index in [-0.39, 0.29) is 0 Å². The van der Waals surface area contributed by atoms with Crippen LogP contribution in [0.25, 0.3) is 0 Å². The fraction of sp³-hybridized carbons (Fsp3) is 0.478. The van der Waals surface area contributed by atoms with Crippen molar-refractivity contribution >= 4 is 188 Å². The van der Waals surface area contributed by atoms with Crippen LogP contribution < -0.4 is 63.8 Å². The molecule has 0 aliphatic carbocycles. The van der Waals surface area contributed by atoms with Crippen LogP contribution in [-0.4, -0.2) is 208 Å². The Morgan fingerprint density at radius 1 is 0.208 bits per heavy atom. The van der Waals surface area contributed by atoms with Crippen LogP contribution in [0.2, 0.25) is 0 Å². The van der Waals surface area contributed by atoms with E-state index in [0.29, 0.717) is 71.4 Å². The molecule has 8 aromatic rings. The molecule has 0 amide bonds. The molecule has 544 valence electrons. The van der Waals surface area contributed by atoms with Gasteiger partial charge in [-0.25, -0.2) is 0 Å². The maximum atomic E-state index is 4.87. The first-order valence-electron chi connectivity index (χ1n) is 34.1. The number of nitrogens with zero attached hydrogens (tertiary/aromatic N) is 12. The molecule has 0 spiro atoms. The lowest BCUT2D eigenvalue weighted by Gasteiger charge is -2.37. The predicted octanol–water partition coefficient (Wildman–Crippen LogP) is 15.1. The Morgan fingerprint density at radius 2 is 0.347 bits per heavy atom. The Bertz CT molecular complexity index is 3040. The minimum Gasteiger partial charge on any atom is -0.354 e. The minimum absolute atomic E-state index is 0.425. The highest BCUT2D eigenvalue weighted by Gasteiger charge is 2.39. The van der Waals surface area contributed by atoms with Crippen molar-refractivity contribution in [3.05, 3.63) is 119 Å². The molecule has 4 aromatic heterocycles. The van der Waals surface area contributed by atoms with Gasteiger partial charge in [-0.1, -0.05) is 48.5 Å². The van der Waals surface area contributed by atoms with Gasteiger partial charge in [0.15, 0.2) is 0 Å². The molecule has 24 nitrogen and oxygen atoms in total. The monoisotopic (exact) mass is 1520 g/mol. The molecule has 0 saturated heterocycles. The van der Waals surface area contributed by atoms with E-state index in [1.807, 2.05) is 94.1 Å². The Balaban J connectivity index is 1.25. The summed E-state index contributed by atoms with van der Waals surface area (Å²) in [4.78, 5) is 58.0. The summed E-state index contributed by atoms with van der Waals surface area (Å²) in [6.45, 7) is 5.90. The van der Waals surface area contributed by atoms with Gasteiger partial charge >= 0.3 is 0 Å². The van der Waals surface area contributed by atoms with Gasteiger partial charge in [-0.05, 0) is 218 Å². The lowest BCUT2D eigenvalue weighted by Crippen LogP contribution is -2.31. The first-order chi connectivity index (χ1) is 49.7. The first-order valence-corrected chi connectivity index (χ1v) is 45.2. The second-order valence-corrected chi connectivity index (χ2v) is 30.9. The molecule has 8 rings (SSSR count). The third kappa shape index (κ3) is 27.1. The van der Waals surface area contributed by atoms with E-state index in [1.165, 1.54) is 0 Å². The van der Waals surface area contributed by atoms with Gasteiger partial charge in [0.2, 0.25) is 71.4 Å². The molecule has 4 aromatic carbocycles. The maximum Gasteiger partial charge on any atom is 0.233 e. The maximum absolute atomic E-state index is 4.87. The van der Waals surface area contributed by atoms with Crippen molar-refractivity contribution in [3.63, 3.8) is 0 Å². The van der Waals surface area contributed by atoms with E-state index in [2.05, 4.69) is 211 Å². The van der Waals surface area contributed by atoms with Gasteiger partial charge in [0.05, 0.1) is 5.41 Å². The number of benzene rings is 4. The molecule has 12 N–H and O–H groups in total. The zero-order valence-corrected chi connectivity index (χ0v) is 65.9. The van der Waals surface area contributed by atoms with E-state index < -0.39 is 5.41 Å². The second kappa shape index (κ2) is 46.1. The first kappa shape index (κ1) is 80.0. The standard InChI is InChI=1S/C69H100N24S8/c1-94-41-9-33-70-57-82-58(71-34-10-42-95-2)87-65(86-57)78-53-25-17-49(18-26-53)69(50-19-27-54(28-20-50)79-66-88-59(72-35-11-43-96-3)83-60(89-66)73-36-12-44-97-4,51-21-29-55(30-22-51)80-67-90-61(74-37-13-45-98-5)84-62(91-67)75-38-14-46-99-6)52-23-31-56(32-24-52)81-68-92-63(76-39-15-47-100-7)85-64(93-68)77-40-16-48-101-8/h17-32H,9-16,33-48H2,1-8H3,(H3,70,71,78,82,86,87)(H3,72,73,79,83,88,89)(H3,74,75,80,84,90,91)(H3,76,77,81,85,92,93). The number of hydrogen-bond acceptors (Lipinski definition) is 32. The van der Waals surface area contributed by atoms with Crippen LogP contribution in [0, 0.1) is 0 Å². The van der Waals surface area contributed by atoms with Crippen LogP contribution in [0.15, 0.2) is 97.1 Å². The van der Waals surface area contributed by atoms with E-state index >= 15 is 0 Å². The predicted molar refractivity (Wildman–Crippen MR) is 449 cm³/mol. The third-order valence-electron chi connectivity index (χ3n) is 15.3. The van der Waals surface area contributed by atoms with E-state index in [4.69, 9.17) is 59.8 Å². The van der Waals surface area contributed by atoms with Crippen LogP contribution in [0.5, 0.6) is 0 Å². The van der Waals surface area contributed by atoms with Crippen LogP contribution in [0.4, 0.5) is 94.1 Å². The van der Waals surface area contributed by atoms with Gasteiger partial charge < -0.3 is 63.8 Å². The molecule has 0 aliphatic rings. The molecule has 0 atom stereocenters. The molecule has 101 heavy (non-hydrogen) atoms. The zero-order valence-electron chi connectivity index (χ0n) is 59.3. The zero-order chi connectivity index (χ0) is 71.0. The second-order valence-electron chi connectivity index (χ2n) is 23.0. The van der Waals surface area contributed by atoms with Crippen molar-refractivity contribution in [2.45, 2.75) is 56.8 Å². The van der Waals surface area contributed by atoms with Crippen molar-refractivity contribution in [2.75, 3.05) is 212 Å². The summed E-state index contributed by atoms with van der Waals surface area (Å²) in [6, 6.07) is 34.2. The van der Waals surface area contributed by atoms with Gasteiger partial charge in [-0.2, -0.15) is 154 Å². The fourth-order valence-electron chi connectivity index (χ4n) is 10.4. The summed E-state index contributed by atoms with van der Waals surface area (Å²) in [5.41, 5.74) is 6.15. The highest BCUT2D eigenvalue weighted by Crippen LogP contribution is 2.47. The van der Waals surface area contributed by atoms with E-state index in [9.17, 15) is 0 Å². The van der Waals surface area contributed by atoms with Gasteiger partial charge in [-0.15, -0.1) is 0 Å². The normalized spacial score (nSPS) is 11.2. The van der Waals surface area contributed by atoms with Crippen molar-refractivity contribution in [1.82, 2.24) is 59.8 Å². The Hall–Kier alpha value is -6.68. The van der Waals surface area contributed by atoms with Gasteiger partial charge in [-0.3, -0.25) is 0 Å². The third-order valence-corrected chi connectivity index (χ3v) is 20.9. The molecule has 0 fully saturated rings. The van der Waals surface area contributed by atoms with Crippen LogP contribution in [-0.2, 0) is 5.41 Å². The number of anilines is 16. The number of rotatable bonds is 52. The summed E-state index contributed by atoms with van der Waals surface area (Å²) in [7, 11) is 0. The molecule has 0 unspecified atom stereocenters. The van der Waals surface area contributed by atoms with Crippen molar-refractivity contribution in [3.8, 4) is 0 Å². The number of thioether (sulfide) groups is 8. The molecule has 32 heteroatoms. The largest absolute Gasteiger partial charge is 0.354 e. The van der Waals surface area contributed by atoms with Crippen LogP contribution >= 0.6 is 94.1 Å². The molecular weight excluding hydrogens is 1420 g/mol. The van der Waals surface area contributed by atoms with Crippen molar-refractivity contribution in [2.24, 2.45) is 0 Å². The molecule has 0 saturated carbocycles. The number of aromatic nitrogens is 12. The molecule has 4 heterocycles. The highest BCUT2D eigenvalue weighted by atomic mass is 32.2. The summed E-state index contributed by atoms with van der Waals surface area (Å²) in [5.74, 6) is 14.0. The van der Waals surface area contributed by atoms with Crippen molar-refractivity contribution < 1.29 is 0 Å². The quantitative estimate of drug-likeness (QED) is 0.0125. The highest BCUT2D eigenvalue weighted by molar-refractivity contribution is 7.99. The fourth-order valence-corrected chi connectivity index (χ4v) is 13.9. The summed E-state index contributed by atoms with van der Waals surface area (Å²) in [5, 5.41) is 41.7. The Kier molecular flexibility index (Phi) is 36.5. The smallest absolute Gasteiger partial charge is 0.233 e. The van der Waals surface area contributed by atoms with Gasteiger partial charge in [0.25, 0.3) is 0 Å². The average molecular weight is 1520 g/mol. The van der Waals surface area contributed by atoms with Gasteiger partial charge in [0.1, 0.15) is 0 Å². The lowest BCUT2D eigenvalue weighted by molar-refractivity contribution is 0.745. The van der Waals surface area contributed by atoms with E-state index in [1.54, 1.807) is 0 Å². The summed E-state index contributed by atoms with van der Waals surface area (Å²) >= 11 is 14.5. The molecule has 0 bridgehead atoms. The summed E-state index contributed by atoms with van der Waals surface area (Å²) in [6.07, 6.45) is 24.7. The van der Waals surface area contributed by atoms with Crippen LogP contribution in [0.3, 0.4) is 0 Å². The molecule has 0 radical (unpaired) electrons. The topological polar surface area (TPSA) is 299 Å². The SMILES string of the molecule is CSCCCNc1nc(NCCCSC)nc(Nc2ccc(C(c3ccc(Nc4nc(NCCCSC)nc(NCCCSC)n4)cc3)(c3ccc(Nc4nc(NCCCSC)nc(NCCCSC)n4)cc3)c3ccc(Nc4nc(NCCCSC)nc(NCCCSC)n4)cc3)cc2)n1. The lowest BCUT2D eigenvalue weighted by atomic mass is 9.65. The van der Waals surface area contributed by atoms with Crippen LogP contribution in [0.1, 0.15) is 73.6 Å². The average Bonchev–Trinajstić information content (AvgIpc) is 0.732. The minimum atomic E-state index is -0.971.